The molecule has 8 heteroatoms. The Morgan fingerprint density at radius 1 is 1.22 bits per heavy atom. The van der Waals surface area contributed by atoms with Crippen molar-refractivity contribution in [1.29, 1.82) is 0 Å². The molecule has 1 fully saturated rings. The Labute approximate surface area is 188 Å². The highest BCUT2D eigenvalue weighted by Crippen LogP contribution is 2.38. The Balaban J connectivity index is 1.80. The molecule has 0 bridgehead atoms. The molecule has 3 N–H and O–H groups in total. The van der Waals surface area contributed by atoms with Gasteiger partial charge in [-0.15, -0.1) is 5.10 Å². The molecule has 3 aromatic heterocycles. The maximum absolute atomic E-state index is 10.4. The van der Waals surface area contributed by atoms with Crippen LogP contribution >= 0.6 is 0 Å². The summed E-state index contributed by atoms with van der Waals surface area (Å²) in [6.45, 7) is 6.05. The zero-order valence-corrected chi connectivity index (χ0v) is 19.2. The van der Waals surface area contributed by atoms with Crippen LogP contribution in [0.25, 0.3) is 16.6 Å². The van der Waals surface area contributed by atoms with Crippen molar-refractivity contribution in [1.82, 2.24) is 19.6 Å². The van der Waals surface area contributed by atoms with E-state index in [1.807, 2.05) is 29.8 Å². The van der Waals surface area contributed by atoms with Crippen LogP contribution in [0.4, 0.5) is 5.95 Å². The number of hydrogen-bond donors (Lipinski definition) is 3. The number of methoxy groups -OCH3 is 1. The van der Waals surface area contributed by atoms with Crippen LogP contribution in [0.1, 0.15) is 63.8 Å². The smallest absolute Gasteiger partial charge is 0.241 e. The largest absolute Gasteiger partial charge is 0.393 e. The Morgan fingerprint density at radius 3 is 2.66 bits per heavy atom. The maximum atomic E-state index is 10.4. The molecule has 0 amide bonds. The number of anilines is 1. The number of pyridine rings is 1. The van der Waals surface area contributed by atoms with Gasteiger partial charge in [-0.25, -0.2) is 9.50 Å². The lowest BCUT2D eigenvalue weighted by Gasteiger charge is -2.25. The molecule has 1 saturated carbocycles. The van der Waals surface area contributed by atoms with Crippen molar-refractivity contribution in [3.63, 3.8) is 0 Å². The second-order valence-electron chi connectivity index (χ2n) is 9.36. The summed E-state index contributed by atoms with van der Waals surface area (Å²) in [5.41, 5.74) is 3.59. The minimum Gasteiger partial charge on any atom is -0.393 e. The lowest BCUT2D eigenvalue weighted by molar-refractivity contribution is 0.0739. The second kappa shape index (κ2) is 9.13. The minimum atomic E-state index is -1.03. The fourth-order valence-electron chi connectivity index (χ4n) is 4.42. The van der Waals surface area contributed by atoms with E-state index in [1.165, 1.54) is 0 Å². The SMILES string of the molecule is COC[C@H](C)Nc1ncc2c(-c3ccnc(C(C)(C)O)c3)cc(C3CCC(O)CC3)n2n1. The first-order valence-electron chi connectivity index (χ1n) is 11.3. The highest BCUT2D eigenvalue weighted by atomic mass is 16.5. The normalized spacial score (nSPS) is 20.4. The molecule has 0 saturated heterocycles. The summed E-state index contributed by atoms with van der Waals surface area (Å²) in [5, 5.41) is 28.5. The van der Waals surface area contributed by atoms with E-state index in [2.05, 4.69) is 21.4 Å². The Morgan fingerprint density at radius 2 is 1.97 bits per heavy atom. The van der Waals surface area contributed by atoms with E-state index in [4.69, 9.17) is 9.84 Å². The van der Waals surface area contributed by atoms with Gasteiger partial charge in [-0.1, -0.05) is 0 Å². The monoisotopic (exact) mass is 439 g/mol. The summed E-state index contributed by atoms with van der Waals surface area (Å²) >= 11 is 0. The van der Waals surface area contributed by atoms with Crippen molar-refractivity contribution in [3.8, 4) is 11.1 Å². The van der Waals surface area contributed by atoms with Gasteiger partial charge in [-0.2, -0.15) is 0 Å². The van der Waals surface area contributed by atoms with Crippen molar-refractivity contribution in [2.24, 2.45) is 0 Å². The third-order valence-corrected chi connectivity index (χ3v) is 6.15. The molecule has 172 valence electrons. The lowest BCUT2D eigenvalue weighted by atomic mass is 9.85. The number of aliphatic hydroxyl groups is 2. The first-order valence-corrected chi connectivity index (χ1v) is 11.3. The van der Waals surface area contributed by atoms with Gasteiger partial charge in [-0.05, 0) is 70.2 Å². The third-order valence-electron chi connectivity index (χ3n) is 6.15. The van der Waals surface area contributed by atoms with Gasteiger partial charge in [-0.3, -0.25) is 4.98 Å². The van der Waals surface area contributed by atoms with Crippen LogP contribution in [0, 0.1) is 0 Å². The van der Waals surface area contributed by atoms with Crippen LogP contribution in [-0.4, -0.2) is 55.7 Å². The second-order valence-corrected chi connectivity index (χ2v) is 9.36. The average molecular weight is 440 g/mol. The minimum absolute atomic E-state index is 0.0790. The predicted octanol–water partition coefficient (Wildman–Crippen LogP) is 3.48. The van der Waals surface area contributed by atoms with E-state index in [-0.39, 0.29) is 12.1 Å². The molecule has 1 atom stereocenters. The average Bonchev–Trinajstić information content (AvgIpc) is 3.13. The zero-order valence-electron chi connectivity index (χ0n) is 19.2. The summed E-state index contributed by atoms with van der Waals surface area (Å²) in [6.07, 6.45) is 6.80. The van der Waals surface area contributed by atoms with Gasteiger partial charge in [0.05, 0.1) is 30.1 Å². The third kappa shape index (κ3) is 4.77. The highest BCUT2D eigenvalue weighted by molar-refractivity contribution is 5.81. The van der Waals surface area contributed by atoms with E-state index in [1.54, 1.807) is 27.2 Å². The number of aromatic nitrogens is 4. The molecule has 1 aliphatic rings. The number of ether oxygens (including phenoxy) is 1. The Kier molecular flexibility index (Phi) is 6.46. The number of aliphatic hydroxyl groups excluding tert-OH is 1. The van der Waals surface area contributed by atoms with Gasteiger partial charge >= 0.3 is 0 Å². The van der Waals surface area contributed by atoms with Gasteiger partial charge in [0, 0.05) is 36.5 Å². The fraction of sp³-hybridized carbons (Fsp3) is 0.542. The van der Waals surface area contributed by atoms with Crippen LogP contribution in [0.3, 0.4) is 0 Å². The molecule has 0 spiro atoms. The summed E-state index contributed by atoms with van der Waals surface area (Å²) in [6, 6.07) is 6.14. The number of rotatable bonds is 7. The molecule has 4 rings (SSSR count). The molecule has 0 radical (unpaired) electrons. The standard InChI is InChI=1S/C24H33N5O3/c1-15(14-32-4)27-23-26-13-21-19(17-9-10-25-22(11-17)24(2,3)31)12-20(29(21)28-23)16-5-7-18(30)8-6-16/h9-13,15-16,18,30-31H,5-8,14H2,1-4H3,(H,27,28)/t15-,16?,18?/m0/s1. The van der Waals surface area contributed by atoms with E-state index in [9.17, 15) is 10.2 Å². The first-order chi connectivity index (χ1) is 15.3. The number of nitrogens with one attached hydrogen (secondary N) is 1. The van der Waals surface area contributed by atoms with Gasteiger partial charge in [0.25, 0.3) is 0 Å². The fourth-order valence-corrected chi connectivity index (χ4v) is 4.42. The van der Waals surface area contributed by atoms with Crippen molar-refractivity contribution >= 4 is 11.5 Å². The first kappa shape index (κ1) is 22.6. The number of hydrogen-bond acceptors (Lipinski definition) is 7. The van der Waals surface area contributed by atoms with Crippen molar-refractivity contribution < 1.29 is 14.9 Å². The molecule has 8 nitrogen and oxygen atoms in total. The molecule has 0 aliphatic heterocycles. The molecular formula is C24H33N5O3. The Bertz CT molecular complexity index is 1070. The van der Waals surface area contributed by atoms with E-state index in [0.717, 1.165) is 48.0 Å². The summed E-state index contributed by atoms with van der Waals surface area (Å²) < 4.78 is 7.20. The van der Waals surface area contributed by atoms with E-state index in [0.29, 0.717) is 24.2 Å². The summed E-state index contributed by atoms with van der Waals surface area (Å²) in [7, 11) is 1.67. The van der Waals surface area contributed by atoms with Gasteiger partial charge in [0.1, 0.15) is 5.60 Å². The van der Waals surface area contributed by atoms with Crippen LogP contribution in [0.15, 0.2) is 30.6 Å². The molecule has 1 aliphatic carbocycles. The van der Waals surface area contributed by atoms with Crippen LogP contribution in [-0.2, 0) is 10.3 Å². The van der Waals surface area contributed by atoms with Gasteiger partial charge in [0.15, 0.2) is 0 Å². The number of nitrogens with zero attached hydrogens (tertiary/aromatic N) is 4. The van der Waals surface area contributed by atoms with E-state index < -0.39 is 5.60 Å². The van der Waals surface area contributed by atoms with Crippen molar-refractivity contribution in [2.45, 2.75) is 70.1 Å². The quantitative estimate of drug-likeness (QED) is 0.518. The Hall–Kier alpha value is -2.55. The topological polar surface area (TPSA) is 105 Å². The molecular weight excluding hydrogens is 406 g/mol. The molecule has 0 unspecified atom stereocenters. The lowest BCUT2D eigenvalue weighted by Crippen LogP contribution is -2.23. The molecule has 3 aromatic rings. The highest BCUT2D eigenvalue weighted by Gasteiger charge is 2.26. The van der Waals surface area contributed by atoms with Crippen molar-refractivity contribution in [2.75, 3.05) is 19.0 Å². The molecule has 32 heavy (non-hydrogen) atoms. The van der Waals surface area contributed by atoms with Gasteiger partial charge < -0.3 is 20.3 Å². The predicted molar refractivity (Wildman–Crippen MR) is 124 cm³/mol. The molecule has 0 aromatic carbocycles. The van der Waals surface area contributed by atoms with E-state index >= 15 is 0 Å². The summed E-state index contributed by atoms with van der Waals surface area (Å²) in [5.74, 6) is 0.864. The van der Waals surface area contributed by atoms with Gasteiger partial charge in [0.2, 0.25) is 5.95 Å². The molecule has 3 heterocycles. The van der Waals surface area contributed by atoms with Crippen molar-refractivity contribution in [3.05, 3.63) is 42.0 Å². The van der Waals surface area contributed by atoms with Crippen LogP contribution in [0.2, 0.25) is 0 Å². The summed E-state index contributed by atoms with van der Waals surface area (Å²) in [4.78, 5) is 8.90. The maximum Gasteiger partial charge on any atom is 0.241 e. The van der Waals surface area contributed by atoms with Crippen LogP contribution in [0.5, 0.6) is 0 Å². The van der Waals surface area contributed by atoms with Crippen LogP contribution < -0.4 is 5.32 Å². The zero-order chi connectivity index (χ0) is 22.9. The number of fused-ring (bicyclic) bond motifs is 1.